The molecule has 0 aromatic rings. The molecule has 0 aromatic heterocycles. The fourth-order valence-electron chi connectivity index (χ4n) is 17.2. The number of carbonyl (C=O) groups excluding carboxylic acids is 8. The number of ether oxygens (including phenoxy) is 8. The van der Waals surface area contributed by atoms with Crippen LogP contribution in [0.3, 0.4) is 0 Å². The molecule has 0 radical (unpaired) electrons. The van der Waals surface area contributed by atoms with Gasteiger partial charge in [0, 0.05) is 73.1 Å². The van der Waals surface area contributed by atoms with Crippen LogP contribution in [0.2, 0.25) is 0 Å². The number of thioether (sulfide) groups is 8. The minimum Gasteiger partial charge on any atom is -0.465 e. The highest BCUT2D eigenvalue weighted by molar-refractivity contribution is 8.02. The van der Waals surface area contributed by atoms with E-state index in [2.05, 4.69) is 109 Å². The van der Waals surface area contributed by atoms with E-state index >= 15 is 0 Å². The second kappa shape index (κ2) is 73.0. The van der Waals surface area contributed by atoms with Gasteiger partial charge in [0.25, 0.3) is 0 Å². The van der Waals surface area contributed by atoms with Crippen LogP contribution in [0, 0.1) is 74.4 Å². The van der Waals surface area contributed by atoms with Gasteiger partial charge in [-0.2, -0.15) is 0 Å². The van der Waals surface area contributed by atoms with E-state index in [4.69, 9.17) is 37.9 Å². The molecule has 0 saturated carbocycles. The number of carbonyl (C=O) groups is 8. The quantitative estimate of drug-likeness (QED) is 0.0250. The lowest BCUT2D eigenvalue weighted by Crippen LogP contribution is -2.58. The first kappa shape index (κ1) is 125. The molecular weight excluding hydrogens is 1810 g/mol. The average molecular weight is 2000 g/mol. The van der Waals surface area contributed by atoms with Crippen molar-refractivity contribution in [2.24, 2.45) is 74.4 Å². The summed E-state index contributed by atoms with van der Waals surface area (Å²) in [6, 6.07) is 0. The third-order valence-corrected chi connectivity index (χ3v) is 36.7. The van der Waals surface area contributed by atoms with Gasteiger partial charge >= 0.3 is 47.8 Å². The number of aliphatic hydroxyl groups is 4. The largest absolute Gasteiger partial charge is 0.465 e. The van der Waals surface area contributed by atoms with Crippen LogP contribution in [0.15, 0.2) is 23.3 Å². The van der Waals surface area contributed by atoms with E-state index in [1.807, 2.05) is 27.7 Å². The van der Waals surface area contributed by atoms with Crippen LogP contribution in [0.5, 0.6) is 0 Å². The summed E-state index contributed by atoms with van der Waals surface area (Å²) in [5, 5.41) is 50.6. The summed E-state index contributed by atoms with van der Waals surface area (Å²) >= 11 is 10.8. The zero-order valence-corrected chi connectivity index (χ0v) is 91.3. The zero-order valence-electron chi connectivity index (χ0n) is 84.8. The van der Waals surface area contributed by atoms with E-state index in [9.17, 15) is 58.8 Å². The van der Waals surface area contributed by atoms with Gasteiger partial charge in [0.05, 0.1) is 123 Å². The van der Waals surface area contributed by atoms with E-state index in [0.717, 1.165) is 165 Å². The van der Waals surface area contributed by atoms with Crippen molar-refractivity contribution in [2.45, 2.75) is 355 Å². The zero-order chi connectivity index (χ0) is 97.5. The summed E-state index contributed by atoms with van der Waals surface area (Å²) in [6.07, 6.45) is 27.0. The van der Waals surface area contributed by atoms with Crippen molar-refractivity contribution in [1.29, 1.82) is 0 Å². The molecule has 764 valence electrons. The first-order valence-electron chi connectivity index (χ1n) is 50.9. The molecule has 131 heavy (non-hydrogen) atoms. The van der Waals surface area contributed by atoms with Crippen LogP contribution in [0.4, 0.5) is 0 Å². The van der Waals surface area contributed by atoms with Gasteiger partial charge in [-0.3, -0.25) is 38.4 Å². The summed E-state index contributed by atoms with van der Waals surface area (Å²) in [6.45, 7) is 39.5. The molecule has 0 spiro atoms. The Morgan fingerprint density at radius 3 is 0.641 bits per heavy atom. The third-order valence-electron chi connectivity index (χ3n) is 27.1. The van der Waals surface area contributed by atoms with Crippen LogP contribution in [-0.2, 0) is 76.3 Å². The van der Waals surface area contributed by atoms with Gasteiger partial charge < -0.3 is 58.3 Å². The summed E-state index contributed by atoms with van der Waals surface area (Å²) in [4.78, 5) is 115. The molecular formula is C103H184O20S8. The Hall–Kier alpha value is -2.12. The van der Waals surface area contributed by atoms with Gasteiger partial charge in [0.1, 0.15) is 0 Å². The second-order valence-electron chi connectivity index (χ2n) is 38.4. The SMILES string of the molecule is CCCCC(CC)COC(=O)CSCC1(CSCC(=O)OCC(CC)CCCC)C=C(C(C)(C)C2=CC(CSCC(=O)OCC(CC)CCCC)(CSCC(=O)OCC(CC)CCCC)C(O)C(CSCC(=O)OCC(CC)CCCC)(CSCC(=O)OCC(CC)CC(O)CC)C2)CC(CSCC(=O)OCC(CC)CCCC)(CSCC(=O)OCC(CC)CC(O)CC)C1O. The molecule has 0 saturated heterocycles. The first-order valence-corrected chi connectivity index (χ1v) is 60.1. The summed E-state index contributed by atoms with van der Waals surface area (Å²) in [5.74, 6) is -1.85. The van der Waals surface area contributed by atoms with Crippen molar-refractivity contribution in [3.8, 4) is 0 Å². The molecule has 2 aliphatic rings. The lowest BCUT2D eigenvalue weighted by atomic mass is 9.55. The monoisotopic (exact) mass is 2000 g/mol. The molecule has 0 bridgehead atoms. The standard InChI is InChI=1S/C103H184O20S8/c1-19-35-41-77(25-7)53-116-89(106)61-124-69-100(70-125-62-90(107)117-54-78(26-8)42-36-20-2)49-85(51-102(97(100)114,73-128-65-93(110)120-57-81(29-11)45-39-23-5)75-130-67-95(112)122-59-83(31-13)47-87(104)33-15)99(17,18)86-50-101(71-126-63-91(108)118-55-79(27-9)43-37-21-3,72-127-64-92(109)119-56-80(28-10)44-38-22-4)98(115)103(52-86,74-129-66-94(111)121-58-82(30-12)46-40-24-6)76-131-68-96(113)123-60-84(32-14)48-88(105)34-16/h49-50,77-84,87-88,97-98,104-105,114-115H,19-48,51-76H2,1-18H3. The normalized spacial score (nSPS) is 21.1. The minimum absolute atomic E-state index is 0.0612. The molecule has 0 fully saturated rings. The highest BCUT2D eigenvalue weighted by Crippen LogP contribution is 2.61. The molecule has 20 nitrogen and oxygen atoms in total. The molecule has 4 N–H and O–H groups in total. The predicted molar refractivity (Wildman–Crippen MR) is 556 cm³/mol. The van der Waals surface area contributed by atoms with Crippen LogP contribution < -0.4 is 0 Å². The van der Waals surface area contributed by atoms with Crippen molar-refractivity contribution in [1.82, 2.24) is 0 Å². The number of hydrogen-bond acceptors (Lipinski definition) is 28. The third kappa shape index (κ3) is 49.7. The molecule has 2 aliphatic carbocycles. The summed E-state index contributed by atoms with van der Waals surface area (Å²) < 4.78 is 48.9. The molecule has 0 amide bonds. The number of esters is 8. The Labute approximate surface area is 829 Å². The van der Waals surface area contributed by atoms with Gasteiger partial charge in [0.2, 0.25) is 0 Å². The highest BCUT2D eigenvalue weighted by Gasteiger charge is 2.59. The lowest BCUT2D eigenvalue weighted by molar-refractivity contribution is -0.143. The van der Waals surface area contributed by atoms with E-state index in [1.165, 1.54) is 94.1 Å². The molecule has 0 heterocycles. The number of aliphatic hydroxyl groups excluding tert-OH is 4. The molecule has 0 aromatic carbocycles. The van der Waals surface area contributed by atoms with Gasteiger partial charge in [-0.05, 0) is 137 Å². The van der Waals surface area contributed by atoms with Crippen LogP contribution in [0.1, 0.15) is 330 Å². The van der Waals surface area contributed by atoms with Crippen molar-refractivity contribution in [3.05, 3.63) is 23.3 Å². The molecule has 28 heteroatoms. The first-order chi connectivity index (χ1) is 62.8. The fourth-order valence-corrected chi connectivity index (χ4v) is 26.5. The van der Waals surface area contributed by atoms with E-state index in [-0.39, 0.29) is 205 Å². The van der Waals surface area contributed by atoms with Gasteiger partial charge in [-0.1, -0.05) is 264 Å². The molecule has 14 unspecified atom stereocenters. The maximum absolute atomic E-state index is 14.5. The van der Waals surface area contributed by atoms with Crippen LogP contribution in [-0.4, -0.2) is 237 Å². The highest BCUT2D eigenvalue weighted by atomic mass is 32.2. The summed E-state index contributed by atoms with van der Waals surface area (Å²) in [7, 11) is 0. The van der Waals surface area contributed by atoms with Gasteiger partial charge in [0.15, 0.2) is 0 Å². The number of unbranched alkanes of at least 4 members (excludes halogenated alkanes) is 6. The van der Waals surface area contributed by atoms with Crippen LogP contribution >= 0.6 is 94.1 Å². The summed E-state index contributed by atoms with van der Waals surface area (Å²) in [5.41, 5.74) is -4.48. The topological polar surface area (TPSA) is 291 Å². The Morgan fingerprint density at radius 1 is 0.298 bits per heavy atom. The van der Waals surface area contributed by atoms with E-state index in [1.54, 1.807) is 0 Å². The van der Waals surface area contributed by atoms with Gasteiger partial charge in [-0.25, -0.2) is 0 Å². The van der Waals surface area contributed by atoms with Crippen LogP contribution in [0.25, 0.3) is 0 Å². The van der Waals surface area contributed by atoms with Crippen molar-refractivity contribution >= 4 is 142 Å². The van der Waals surface area contributed by atoms with Crippen molar-refractivity contribution in [2.75, 3.05) is 145 Å². The molecule has 0 aliphatic heterocycles. The maximum Gasteiger partial charge on any atom is 0.315 e. The lowest BCUT2D eigenvalue weighted by Gasteiger charge is -2.56. The Kier molecular flexibility index (Phi) is 69.7. The number of allylic oxidation sites excluding steroid dienone is 2. The van der Waals surface area contributed by atoms with Crippen molar-refractivity contribution in [3.63, 3.8) is 0 Å². The maximum atomic E-state index is 14.5. The predicted octanol–water partition coefficient (Wildman–Crippen LogP) is 23.2. The Balaban J connectivity index is 3.61. The number of rotatable bonds is 82. The van der Waals surface area contributed by atoms with E-state index < -0.39 is 99.2 Å². The fraction of sp³-hybridized carbons (Fsp3) is 0.883. The molecule has 2 rings (SSSR count). The molecule has 14 atom stereocenters. The van der Waals surface area contributed by atoms with E-state index in [0.29, 0.717) is 38.5 Å². The number of hydrogen-bond donors (Lipinski definition) is 4. The minimum atomic E-state index is -1.31. The second-order valence-corrected chi connectivity index (χ2v) is 46.2. The van der Waals surface area contributed by atoms with Gasteiger partial charge in [-0.15, -0.1) is 94.1 Å². The Morgan fingerprint density at radius 2 is 0.473 bits per heavy atom. The average Bonchev–Trinajstić information content (AvgIpc) is 0.717. The Bertz CT molecular complexity index is 2890. The smallest absolute Gasteiger partial charge is 0.315 e. The van der Waals surface area contributed by atoms with Crippen molar-refractivity contribution < 1.29 is 96.7 Å².